The third kappa shape index (κ3) is 29.3. The van der Waals surface area contributed by atoms with Gasteiger partial charge in [-0.3, -0.25) is 23.4 Å². The number of allylic oxidation sites excluding steroid dienone is 8. The van der Waals surface area contributed by atoms with E-state index in [1.165, 1.54) is 0 Å². The molecule has 1 rings (SSSR count). The number of phosphoric acid groups is 1. The number of rotatable bonds is 35. The summed E-state index contributed by atoms with van der Waals surface area (Å²) in [7, 11) is -4.79. The minimum atomic E-state index is -4.79. The van der Waals surface area contributed by atoms with Crippen LogP contribution in [0.1, 0.15) is 136 Å². The van der Waals surface area contributed by atoms with E-state index in [0.29, 0.717) is 32.1 Å². The fourth-order valence-corrected chi connectivity index (χ4v) is 6.84. The van der Waals surface area contributed by atoms with Gasteiger partial charge in [0, 0.05) is 25.2 Å². The second-order valence-electron chi connectivity index (χ2n) is 15.0. The number of carbonyl (C=O) groups excluding carboxylic acids is 2. The summed E-state index contributed by atoms with van der Waals surface area (Å²) in [4.78, 5) is 46.2. The molecule has 15 nitrogen and oxygen atoms in total. The number of unbranched alkanes of at least 4 members (excludes halogenated alkanes) is 8. The average molecular weight is 872 g/mol. The number of ether oxygens (including phenoxy) is 3. The van der Waals surface area contributed by atoms with Crippen molar-refractivity contribution in [2.45, 2.75) is 173 Å². The van der Waals surface area contributed by atoms with Crippen LogP contribution in [0.25, 0.3) is 0 Å². The van der Waals surface area contributed by atoms with Gasteiger partial charge >= 0.3 is 25.7 Å². The Bertz CT molecular complexity index is 1370. The number of aliphatic hydroxyl groups is 3. The zero-order chi connectivity index (χ0) is 44.4. The molecule has 1 aliphatic heterocycles. The maximum absolute atomic E-state index is 12.7. The predicted molar refractivity (Wildman–Crippen MR) is 229 cm³/mol. The topological polar surface area (TPSA) is 242 Å². The largest absolute Gasteiger partial charge is 0.480 e. The smallest absolute Gasteiger partial charge is 0.472 e. The Kier molecular flexibility index (Phi) is 31.7. The monoisotopic (exact) mass is 871 g/mol. The third-order valence-corrected chi connectivity index (χ3v) is 10.5. The molecule has 7 N–H and O–H groups in total. The van der Waals surface area contributed by atoms with E-state index in [9.17, 15) is 39.2 Å². The Balaban J connectivity index is 2.56. The number of nitrogens with two attached hydrogens (primary N) is 1. The number of carbonyl (C=O) groups is 3. The molecule has 2 unspecified atom stereocenters. The van der Waals surface area contributed by atoms with E-state index < -0.39 is 82.3 Å². The van der Waals surface area contributed by atoms with Gasteiger partial charge in [-0.1, -0.05) is 113 Å². The second kappa shape index (κ2) is 34.6. The summed E-state index contributed by atoms with van der Waals surface area (Å²) in [6.45, 7) is 2.27. The fraction of sp³-hybridized carbons (Fsp3) is 0.705. The van der Waals surface area contributed by atoms with E-state index >= 15 is 0 Å². The van der Waals surface area contributed by atoms with Crippen LogP contribution in [0, 0.1) is 5.92 Å². The Labute approximate surface area is 357 Å². The van der Waals surface area contributed by atoms with Crippen LogP contribution in [0.2, 0.25) is 0 Å². The summed E-state index contributed by atoms with van der Waals surface area (Å²) in [5, 5.41) is 39.8. The van der Waals surface area contributed by atoms with E-state index in [1.807, 2.05) is 12.2 Å². The summed E-state index contributed by atoms with van der Waals surface area (Å²) in [5.74, 6) is -2.98. The summed E-state index contributed by atoms with van der Waals surface area (Å²) >= 11 is 0. The maximum atomic E-state index is 12.7. The molecule has 0 aromatic rings. The number of carboxylic acid groups (broad SMARTS) is 1. The van der Waals surface area contributed by atoms with Crippen LogP contribution in [0.5, 0.6) is 0 Å². The van der Waals surface area contributed by atoms with Crippen molar-refractivity contribution in [2.24, 2.45) is 11.7 Å². The predicted octanol–water partition coefficient (Wildman–Crippen LogP) is 7.27. The first-order valence-electron chi connectivity index (χ1n) is 21.7. The molecule has 0 saturated carbocycles. The first-order chi connectivity index (χ1) is 28.8. The summed E-state index contributed by atoms with van der Waals surface area (Å²) in [5.41, 5.74) is 5.32. The van der Waals surface area contributed by atoms with Gasteiger partial charge < -0.3 is 45.3 Å². The van der Waals surface area contributed by atoms with Crippen LogP contribution in [0.4, 0.5) is 0 Å². The number of hydrogen-bond acceptors (Lipinski definition) is 13. The van der Waals surface area contributed by atoms with Crippen LogP contribution in [-0.2, 0) is 42.2 Å². The molecule has 0 amide bonds. The highest BCUT2D eigenvalue weighted by atomic mass is 31.2. The molecule has 0 bridgehead atoms. The molecule has 1 fully saturated rings. The fourth-order valence-electron chi connectivity index (χ4n) is 6.06. The van der Waals surface area contributed by atoms with E-state index in [4.69, 9.17) is 29.6 Å². The quantitative estimate of drug-likeness (QED) is 0.0159. The van der Waals surface area contributed by atoms with Crippen LogP contribution >= 0.6 is 7.82 Å². The highest BCUT2D eigenvalue weighted by molar-refractivity contribution is 7.47. The third-order valence-electron chi connectivity index (χ3n) is 9.54. The summed E-state index contributed by atoms with van der Waals surface area (Å²) in [6.07, 6.45) is 29.1. The van der Waals surface area contributed by atoms with Gasteiger partial charge in [0.2, 0.25) is 0 Å². The zero-order valence-corrected chi connectivity index (χ0v) is 36.7. The number of phosphoric ester groups is 1. The normalized spacial score (nSPS) is 21.2. The van der Waals surface area contributed by atoms with E-state index in [0.717, 1.165) is 70.6 Å². The lowest BCUT2D eigenvalue weighted by atomic mass is 9.87. The lowest BCUT2D eigenvalue weighted by Crippen LogP contribution is -2.43. The molecule has 16 heteroatoms. The van der Waals surface area contributed by atoms with Gasteiger partial charge in [0.1, 0.15) is 12.6 Å². The van der Waals surface area contributed by atoms with Crippen molar-refractivity contribution >= 4 is 25.7 Å². The van der Waals surface area contributed by atoms with E-state index in [-0.39, 0.29) is 25.2 Å². The van der Waals surface area contributed by atoms with Gasteiger partial charge in [-0.2, -0.15) is 0 Å². The minimum absolute atomic E-state index is 0.0208. The van der Waals surface area contributed by atoms with Crippen molar-refractivity contribution in [1.29, 1.82) is 0 Å². The first kappa shape index (κ1) is 55.0. The molecule has 0 aliphatic carbocycles. The second-order valence-corrected chi connectivity index (χ2v) is 16.4. The molecule has 1 aliphatic rings. The Morgan fingerprint density at radius 3 is 2.15 bits per heavy atom. The van der Waals surface area contributed by atoms with Gasteiger partial charge in [-0.05, 0) is 64.2 Å². The molecule has 8 atom stereocenters. The lowest BCUT2D eigenvalue weighted by Gasteiger charge is -2.36. The van der Waals surface area contributed by atoms with Crippen molar-refractivity contribution < 1.29 is 67.5 Å². The molecular weight excluding hydrogens is 797 g/mol. The molecular formula is C44H74NO14P. The Morgan fingerprint density at radius 2 is 1.43 bits per heavy atom. The molecule has 60 heavy (non-hydrogen) atoms. The molecule has 0 aromatic heterocycles. The van der Waals surface area contributed by atoms with Gasteiger partial charge in [-0.15, -0.1) is 0 Å². The van der Waals surface area contributed by atoms with Crippen molar-refractivity contribution in [3.63, 3.8) is 0 Å². The molecule has 0 radical (unpaired) electrons. The molecule has 1 saturated heterocycles. The van der Waals surface area contributed by atoms with Gasteiger partial charge in [-0.25, -0.2) is 4.57 Å². The number of aliphatic carboxylic acids is 1. The van der Waals surface area contributed by atoms with Crippen LogP contribution in [0.3, 0.4) is 0 Å². The van der Waals surface area contributed by atoms with Crippen molar-refractivity contribution in [3.8, 4) is 0 Å². The van der Waals surface area contributed by atoms with Crippen LogP contribution < -0.4 is 5.73 Å². The SMILES string of the molecule is CC/C=C\C/C=C\C/C=C\CCCCCCCC(=O)O[C@H](COC(=O)CCC/C=C\C[C@H]1[C@@H](O)CC(O)O[C@@H]1/C=C/[C@@H](O)CCCCC)COP(=O)(O)OC[C@H](N)C(=O)O. The van der Waals surface area contributed by atoms with Crippen molar-refractivity contribution in [2.75, 3.05) is 19.8 Å². The first-order valence-corrected chi connectivity index (χ1v) is 23.2. The Morgan fingerprint density at radius 1 is 0.800 bits per heavy atom. The van der Waals surface area contributed by atoms with Crippen LogP contribution in [0.15, 0.2) is 60.8 Å². The Hall–Kier alpha value is -2.98. The molecule has 1 heterocycles. The number of esters is 2. The summed E-state index contributed by atoms with van der Waals surface area (Å²) < 4.78 is 38.3. The number of aliphatic hydroxyl groups excluding tert-OH is 3. The lowest BCUT2D eigenvalue weighted by molar-refractivity contribution is -0.199. The van der Waals surface area contributed by atoms with E-state index in [1.54, 1.807) is 12.2 Å². The zero-order valence-electron chi connectivity index (χ0n) is 35.8. The maximum Gasteiger partial charge on any atom is 0.472 e. The van der Waals surface area contributed by atoms with Crippen molar-refractivity contribution in [1.82, 2.24) is 0 Å². The number of hydrogen-bond donors (Lipinski definition) is 6. The highest BCUT2D eigenvalue weighted by Crippen LogP contribution is 2.43. The van der Waals surface area contributed by atoms with Crippen LogP contribution in [-0.4, -0.2) is 99.8 Å². The highest BCUT2D eigenvalue weighted by Gasteiger charge is 2.35. The van der Waals surface area contributed by atoms with Gasteiger partial charge in [0.25, 0.3) is 0 Å². The summed E-state index contributed by atoms with van der Waals surface area (Å²) in [6, 6.07) is -1.57. The van der Waals surface area contributed by atoms with Gasteiger partial charge in [0.05, 0.1) is 31.5 Å². The average Bonchev–Trinajstić information content (AvgIpc) is 3.20. The van der Waals surface area contributed by atoms with Crippen molar-refractivity contribution in [3.05, 3.63) is 60.8 Å². The molecule has 344 valence electrons. The number of carboxylic acids is 1. The minimum Gasteiger partial charge on any atom is -0.480 e. The standard InChI is InChI=1S/C44H74NO14P/c1-3-5-7-8-9-10-11-12-13-14-15-16-17-18-24-28-42(49)58-36(33-56-60(53,54)57-34-38(45)44(51)52)32-55-41(48)27-23-20-19-22-26-37-39(47)31-43(50)59-40(37)30-29-35(46)25-21-6-4-2/h5,7,9-10,12-13,19,22,29-30,35-40,43,46-47,50H,3-4,6,8,11,14-18,20-21,23-28,31-34,45H2,1-2H3,(H,51,52)(H,53,54)/b7-5-,10-9-,13-12-,22-19-,30-29+/t35-,36+,37-,38-,39-,40+,43?/m0/s1. The molecule has 0 spiro atoms. The van der Waals surface area contributed by atoms with E-state index in [2.05, 4.69) is 54.8 Å². The van der Waals surface area contributed by atoms with Gasteiger partial charge in [0.15, 0.2) is 12.4 Å². The molecule has 0 aromatic carbocycles.